The highest BCUT2D eigenvalue weighted by Gasteiger charge is 2.21. The largest absolute Gasteiger partial charge is 0.508 e. The van der Waals surface area contributed by atoms with Crippen molar-refractivity contribution in [3.05, 3.63) is 29.6 Å². The van der Waals surface area contributed by atoms with Gasteiger partial charge in [-0.2, -0.15) is 0 Å². The standard InChI is InChI=1S/C8H5F3O2/c9-6-3-4(12)1-2-5(6)7(13)8(10)11/h1-3,8,12H. The smallest absolute Gasteiger partial charge is 0.300 e. The summed E-state index contributed by atoms with van der Waals surface area (Å²) >= 11 is 0. The van der Waals surface area contributed by atoms with E-state index in [1.54, 1.807) is 0 Å². The fourth-order valence-corrected chi connectivity index (χ4v) is 0.821. The van der Waals surface area contributed by atoms with Gasteiger partial charge in [-0.05, 0) is 12.1 Å². The van der Waals surface area contributed by atoms with Crippen LogP contribution in [0.15, 0.2) is 18.2 Å². The number of Topliss-reactive ketones (excluding diaryl/α,β-unsaturated/α-hetero) is 1. The van der Waals surface area contributed by atoms with E-state index in [0.717, 1.165) is 12.1 Å². The number of hydrogen-bond donors (Lipinski definition) is 1. The first-order valence-corrected chi connectivity index (χ1v) is 3.33. The molecule has 0 spiro atoms. The van der Waals surface area contributed by atoms with E-state index < -0.39 is 29.3 Å². The van der Waals surface area contributed by atoms with Gasteiger partial charge in [0.1, 0.15) is 11.6 Å². The fourth-order valence-electron chi connectivity index (χ4n) is 0.821. The predicted octanol–water partition coefficient (Wildman–Crippen LogP) is 1.98. The van der Waals surface area contributed by atoms with E-state index >= 15 is 0 Å². The zero-order chi connectivity index (χ0) is 10.0. The summed E-state index contributed by atoms with van der Waals surface area (Å²) in [5.41, 5.74) is -0.715. The Balaban J connectivity index is 3.09. The lowest BCUT2D eigenvalue weighted by molar-refractivity contribution is 0.0674. The summed E-state index contributed by atoms with van der Waals surface area (Å²) in [6.07, 6.45) is -3.24. The maximum absolute atomic E-state index is 12.7. The van der Waals surface area contributed by atoms with Crippen LogP contribution in [-0.2, 0) is 0 Å². The van der Waals surface area contributed by atoms with Crippen LogP contribution in [0, 0.1) is 5.82 Å². The van der Waals surface area contributed by atoms with Crippen molar-refractivity contribution < 1.29 is 23.1 Å². The van der Waals surface area contributed by atoms with Crippen molar-refractivity contribution >= 4 is 5.78 Å². The summed E-state index contributed by atoms with van der Waals surface area (Å²) in [7, 11) is 0. The normalized spacial score (nSPS) is 10.5. The topological polar surface area (TPSA) is 37.3 Å². The number of phenolic OH excluding ortho intramolecular Hbond substituents is 1. The number of rotatable bonds is 2. The Kier molecular flexibility index (Phi) is 2.55. The lowest BCUT2D eigenvalue weighted by Crippen LogP contribution is -2.11. The molecule has 2 nitrogen and oxygen atoms in total. The molecule has 0 atom stereocenters. The van der Waals surface area contributed by atoms with Crippen LogP contribution in [0.1, 0.15) is 10.4 Å². The molecule has 0 saturated heterocycles. The Morgan fingerprint density at radius 1 is 1.38 bits per heavy atom. The highest BCUT2D eigenvalue weighted by Crippen LogP contribution is 2.17. The van der Waals surface area contributed by atoms with Crippen molar-refractivity contribution in [1.82, 2.24) is 0 Å². The molecule has 0 fully saturated rings. The first-order chi connectivity index (χ1) is 6.02. The Bertz CT molecular complexity index is 336. The monoisotopic (exact) mass is 190 g/mol. The lowest BCUT2D eigenvalue weighted by Gasteiger charge is -2.01. The summed E-state index contributed by atoms with van der Waals surface area (Å²) in [6, 6.07) is 2.40. The highest BCUT2D eigenvalue weighted by atomic mass is 19.3. The number of carbonyl (C=O) groups is 1. The van der Waals surface area contributed by atoms with Crippen LogP contribution in [0.2, 0.25) is 0 Å². The third kappa shape index (κ3) is 1.99. The molecule has 0 aromatic heterocycles. The van der Waals surface area contributed by atoms with Gasteiger partial charge in [-0.25, -0.2) is 13.2 Å². The summed E-state index contributed by atoms with van der Waals surface area (Å²) in [6.45, 7) is 0. The molecule has 70 valence electrons. The number of benzene rings is 1. The third-order valence-electron chi connectivity index (χ3n) is 1.42. The minimum Gasteiger partial charge on any atom is -0.508 e. The van der Waals surface area contributed by atoms with Gasteiger partial charge in [-0.3, -0.25) is 4.79 Å². The number of carbonyl (C=O) groups excluding carboxylic acids is 1. The molecule has 0 aliphatic rings. The van der Waals surface area contributed by atoms with Gasteiger partial charge in [0.2, 0.25) is 5.78 Å². The maximum atomic E-state index is 12.7. The second-order valence-corrected chi connectivity index (χ2v) is 2.33. The van der Waals surface area contributed by atoms with Gasteiger partial charge < -0.3 is 5.11 Å². The Morgan fingerprint density at radius 2 is 2.00 bits per heavy atom. The predicted molar refractivity (Wildman–Crippen MR) is 38.4 cm³/mol. The molecule has 0 aliphatic heterocycles. The second kappa shape index (κ2) is 3.47. The van der Waals surface area contributed by atoms with Crippen molar-refractivity contribution in [3.8, 4) is 5.75 Å². The van der Waals surface area contributed by atoms with Gasteiger partial charge in [0.15, 0.2) is 0 Å². The number of ketones is 1. The summed E-state index contributed by atoms with van der Waals surface area (Å²) in [4.78, 5) is 10.6. The molecule has 0 saturated carbocycles. The Hall–Kier alpha value is -1.52. The van der Waals surface area contributed by atoms with Crippen molar-refractivity contribution in [1.29, 1.82) is 0 Å². The van der Waals surface area contributed by atoms with Crippen LogP contribution in [0.3, 0.4) is 0 Å². The molecule has 0 bridgehead atoms. The molecule has 0 radical (unpaired) electrons. The van der Waals surface area contributed by atoms with E-state index in [9.17, 15) is 18.0 Å². The van der Waals surface area contributed by atoms with E-state index in [-0.39, 0.29) is 0 Å². The van der Waals surface area contributed by atoms with Crippen LogP contribution in [0.25, 0.3) is 0 Å². The average Bonchev–Trinajstić information content (AvgIpc) is 2.03. The molecule has 13 heavy (non-hydrogen) atoms. The van der Waals surface area contributed by atoms with Gasteiger partial charge in [-0.15, -0.1) is 0 Å². The molecular formula is C8H5F3O2. The molecule has 1 N–H and O–H groups in total. The van der Waals surface area contributed by atoms with E-state index in [0.29, 0.717) is 6.07 Å². The summed E-state index contributed by atoms with van der Waals surface area (Å²) in [5.74, 6) is -3.15. The van der Waals surface area contributed by atoms with E-state index in [1.165, 1.54) is 0 Å². The van der Waals surface area contributed by atoms with Gasteiger partial charge >= 0.3 is 6.43 Å². The Morgan fingerprint density at radius 3 is 2.46 bits per heavy atom. The van der Waals surface area contributed by atoms with Crippen molar-refractivity contribution in [2.75, 3.05) is 0 Å². The number of halogens is 3. The molecule has 5 heteroatoms. The number of alkyl halides is 2. The third-order valence-corrected chi connectivity index (χ3v) is 1.42. The van der Waals surface area contributed by atoms with E-state index in [2.05, 4.69) is 0 Å². The van der Waals surface area contributed by atoms with Crippen molar-refractivity contribution in [3.63, 3.8) is 0 Å². The number of hydrogen-bond acceptors (Lipinski definition) is 2. The molecular weight excluding hydrogens is 185 g/mol. The average molecular weight is 190 g/mol. The van der Waals surface area contributed by atoms with Gasteiger partial charge in [-0.1, -0.05) is 0 Å². The van der Waals surface area contributed by atoms with Crippen LogP contribution in [0.5, 0.6) is 5.75 Å². The van der Waals surface area contributed by atoms with Gasteiger partial charge in [0, 0.05) is 6.07 Å². The number of phenols is 1. The van der Waals surface area contributed by atoms with Crippen LogP contribution < -0.4 is 0 Å². The summed E-state index contributed by atoms with van der Waals surface area (Å²) < 4.78 is 36.4. The molecule has 1 aromatic carbocycles. The van der Waals surface area contributed by atoms with Crippen LogP contribution >= 0.6 is 0 Å². The van der Waals surface area contributed by atoms with Gasteiger partial charge in [0.25, 0.3) is 0 Å². The summed E-state index contributed by atoms with van der Waals surface area (Å²) in [5, 5.41) is 8.72. The van der Waals surface area contributed by atoms with E-state index in [1.807, 2.05) is 0 Å². The highest BCUT2D eigenvalue weighted by molar-refractivity contribution is 5.98. The van der Waals surface area contributed by atoms with E-state index in [4.69, 9.17) is 5.11 Å². The van der Waals surface area contributed by atoms with Crippen molar-refractivity contribution in [2.24, 2.45) is 0 Å². The first kappa shape index (κ1) is 9.57. The molecule has 0 amide bonds. The molecule has 0 aliphatic carbocycles. The zero-order valence-electron chi connectivity index (χ0n) is 6.30. The Labute approximate surface area is 71.6 Å². The van der Waals surface area contributed by atoms with Crippen molar-refractivity contribution in [2.45, 2.75) is 6.43 Å². The molecule has 1 aromatic rings. The van der Waals surface area contributed by atoms with Crippen LogP contribution in [-0.4, -0.2) is 17.3 Å². The first-order valence-electron chi connectivity index (χ1n) is 3.33. The van der Waals surface area contributed by atoms with Gasteiger partial charge in [0.05, 0.1) is 5.56 Å². The minimum absolute atomic E-state index is 0.414. The SMILES string of the molecule is O=C(c1ccc(O)cc1F)C(F)F. The maximum Gasteiger partial charge on any atom is 0.300 e. The zero-order valence-corrected chi connectivity index (χ0v) is 6.30. The minimum atomic E-state index is -3.24. The fraction of sp³-hybridized carbons (Fsp3) is 0.125. The van der Waals surface area contributed by atoms with Crippen LogP contribution in [0.4, 0.5) is 13.2 Å². The quantitative estimate of drug-likeness (QED) is 0.724. The molecule has 1 rings (SSSR count). The molecule has 0 unspecified atom stereocenters. The second-order valence-electron chi connectivity index (χ2n) is 2.33. The number of aromatic hydroxyl groups is 1. The molecule has 0 heterocycles. The lowest BCUT2D eigenvalue weighted by atomic mass is 10.1.